The fraction of sp³-hybridized carbons (Fsp3) is 0.143. The minimum Gasteiger partial charge on any atom is -0.457 e. The van der Waals surface area contributed by atoms with Gasteiger partial charge >= 0.3 is 0 Å². The van der Waals surface area contributed by atoms with Gasteiger partial charge in [-0.15, -0.1) is 0 Å². The molecule has 0 aliphatic carbocycles. The van der Waals surface area contributed by atoms with E-state index in [9.17, 15) is 14.8 Å². The van der Waals surface area contributed by atoms with E-state index in [1.807, 2.05) is 72.8 Å². The van der Waals surface area contributed by atoms with Crippen LogP contribution in [0.1, 0.15) is 29.3 Å². The Hall–Kier alpha value is -4.16. The summed E-state index contributed by atoms with van der Waals surface area (Å²) in [6.45, 7) is 2.01. The van der Waals surface area contributed by atoms with Crippen LogP contribution >= 0.6 is 0 Å². The number of hydrogen-bond acceptors (Lipinski definition) is 4. The molecule has 6 nitrogen and oxygen atoms in total. The van der Waals surface area contributed by atoms with E-state index in [-0.39, 0.29) is 12.5 Å². The van der Waals surface area contributed by atoms with Gasteiger partial charge in [-0.25, -0.2) is 5.48 Å². The minimum atomic E-state index is -1.05. The second-order valence-corrected chi connectivity index (χ2v) is 8.25. The summed E-state index contributed by atoms with van der Waals surface area (Å²) in [5.41, 5.74) is 2.02. The van der Waals surface area contributed by atoms with Gasteiger partial charge in [-0.1, -0.05) is 60.7 Å². The third kappa shape index (κ3) is 4.92. The van der Waals surface area contributed by atoms with Crippen molar-refractivity contribution in [3.05, 3.63) is 108 Å². The maximum Gasteiger partial charge on any atom is 0.253 e. The highest BCUT2D eigenvalue weighted by atomic mass is 16.5. The van der Waals surface area contributed by atoms with Gasteiger partial charge in [0.15, 0.2) is 0 Å². The second-order valence-electron chi connectivity index (χ2n) is 8.25. The summed E-state index contributed by atoms with van der Waals surface area (Å²) < 4.78 is 5.76. The molecule has 6 heteroatoms. The van der Waals surface area contributed by atoms with Gasteiger partial charge in [0.05, 0.1) is 5.41 Å². The molecule has 172 valence electrons. The van der Waals surface area contributed by atoms with Crippen LogP contribution in [-0.4, -0.2) is 23.6 Å². The van der Waals surface area contributed by atoms with E-state index in [1.165, 1.54) is 0 Å². The number of hydrogen-bond donors (Lipinski definition) is 3. The van der Waals surface area contributed by atoms with Crippen molar-refractivity contribution in [2.45, 2.75) is 18.8 Å². The van der Waals surface area contributed by atoms with Crippen LogP contribution in [-0.2, 0) is 10.2 Å². The molecule has 0 heterocycles. The molecule has 1 unspecified atom stereocenters. The van der Waals surface area contributed by atoms with E-state index in [0.29, 0.717) is 17.7 Å². The smallest absolute Gasteiger partial charge is 0.253 e. The Labute approximate surface area is 198 Å². The Morgan fingerprint density at radius 1 is 0.824 bits per heavy atom. The molecule has 0 spiro atoms. The first-order valence-electron chi connectivity index (χ1n) is 11.1. The zero-order chi connectivity index (χ0) is 24.0. The molecular formula is C28H26N2O4. The Bertz CT molecular complexity index is 1280. The normalized spacial score (nSPS) is 12.5. The Morgan fingerprint density at radius 2 is 1.47 bits per heavy atom. The molecule has 4 aromatic carbocycles. The van der Waals surface area contributed by atoms with E-state index in [4.69, 9.17) is 4.74 Å². The van der Waals surface area contributed by atoms with Crippen molar-refractivity contribution in [3.63, 3.8) is 0 Å². The van der Waals surface area contributed by atoms with E-state index < -0.39 is 11.3 Å². The standard InChI is InChI=1S/C28H26N2O4/c1-28(27(32)30-33,25-13-7-9-20-8-5-6-12-24(20)25)18-19-29-26(31)21-14-16-23(17-15-21)34-22-10-3-2-4-11-22/h2-17,33H,18-19H2,1H3,(H,29,31)(H,30,32). The molecule has 4 aromatic rings. The van der Waals surface area contributed by atoms with E-state index >= 15 is 0 Å². The fourth-order valence-corrected chi connectivity index (χ4v) is 4.03. The SMILES string of the molecule is CC(CCNC(=O)c1ccc(Oc2ccccc2)cc1)(C(=O)NO)c1cccc2ccccc12. The monoisotopic (exact) mass is 454 g/mol. The second kappa shape index (κ2) is 10.2. The number of nitrogens with one attached hydrogen (secondary N) is 2. The Kier molecular flexibility index (Phi) is 6.90. The zero-order valence-electron chi connectivity index (χ0n) is 18.8. The fourth-order valence-electron chi connectivity index (χ4n) is 4.03. The van der Waals surface area contributed by atoms with Crippen molar-refractivity contribution in [2.24, 2.45) is 0 Å². The third-order valence-electron chi connectivity index (χ3n) is 5.99. The molecule has 0 fully saturated rings. The Morgan fingerprint density at radius 3 is 2.21 bits per heavy atom. The van der Waals surface area contributed by atoms with Gasteiger partial charge in [0, 0.05) is 12.1 Å². The number of para-hydroxylation sites is 1. The van der Waals surface area contributed by atoms with Gasteiger partial charge in [-0.05, 0) is 66.1 Å². The molecule has 0 radical (unpaired) electrons. The van der Waals surface area contributed by atoms with Crippen molar-refractivity contribution in [1.29, 1.82) is 0 Å². The maximum atomic E-state index is 12.7. The molecule has 4 rings (SSSR count). The van der Waals surface area contributed by atoms with Gasteiger partial charge in [-0.3, -0.25) is 14.8 Å². The van der Waals surface area contributed by atoms with Crippen LogP contribution in [0.15, 0.2) is 97.1 Å². The summed E-state index contributed by atoms with van der Waals surface area (Å²) in [5, 5.41) is 14.2. The van der Waals surface area contributed by atoms with E-state index in [2.05, 4.69) is 5.32 Å². The minimum absolute atomic E-state index is 0.244. The average Bonchev–Trinajstić information content (AvgIpc) is 2.88. The lowest BCUT2D eigenvalue weighted by Crippen LogP contribution is -2.43. The van der Waals surface area contributed by atoms with Crippen LogP contribution in [0, 0.1) is 0 Å². The van der Waals surface area contributed by atoms with Gasteiger partial charge in [0.25, 0.3) is 11.8 Å². The highest BCUT2D eigenvalue weighted by molar-refractivity contribution is 5.96. The topological polar surface area (TPSA) is 87.7 Å². The molecule has 0 saturated heterocycles. The quantitative estimate of drug-likeness (QED) is 0.252. The number of benzene rings is 4. The first-order valence-corrected chi connectivity index (χ1v) is 11.1. The van der Waals surface area contributed by atoms with Crippen LogP contribution in [0.25, 0.3) is 10.8 Å². The molecule has 0 aromatic heterocycles. The van der Waals surface area contributed by atoms with Gasteiger partial charge < -0.3 is 10.1 Å². The van der Waals surface area contributed by atoms with Crippen LogP contribution in [0.3, 0.4) is 0 Å². The number of rotatable bonds is 8. The molecule has 0 saturated carbocycles. The number of ether oxygens (including phenoxy) is 1. The summed E-state index contributed by atoms with van der Waals surface area (Å²) >= 11 is 0. The number of amides is 2. The molecule has 0 aliphatic rings. The van der Waals surface area contributed by atoms with Crippen LogP contribution in [0.5, 0.6) is 11.5 Å². The van der Waals surface area contributed by atoms with Crippen molar-refractivity contribution in [1.82, 2.24) is 10.8 Å². The molecular weight excluding hydrogens is 428 g/mol. The van der Waals surface area contributed by atoms with E-state index in [0.717, 1.165) is 22.1 Å². The number of fused-ring (bicyclic) bond motifs is 1. The summed E-state index contributed by atoms with van der Waals surface area (Å²) in [6, 6.07) is 29.8. The summed E-state index contributed by atoms with van der Waals surface area (Å²) in [7, 11) is 0. The largest absolute Gasteiger partial charge is 0.457 e. The molecule has 1 atom stereocenters. The van der Waals surface area contributed by atoms with Gasteiger partial charge in [0.1, 0.15) is 11.5 Å². The molecule has 34 heavy (non-hydrogen) atoms. The Balaban J connectivity index is 1.44. The lowest BCUT2D eigenvalue weighted by atomic mass is 9.76. The summed E-state index contributed by atoms with van der Waals surface area (Å²) in [5.74, 6) is 0.567. The first-order chi connectivity index (χ1) is 16.5. The lowest BCUT2D eigenvalue weighted by molar-refractivity contribution is -0.134. The summed E-state index contributed by atoms with van der Waals surface area (Å²) in [6.07, 6.45) is 0.300. The van der Waals surface area contributed by atoms with Gasteiger partial charge in [0.2, 0.25) is 0 Å². The van der Waals surface area contributed by atoms with Gasteiger partial charge in [-0.2, -0.15) is 0 Å². The predicted octanol–water partition coefficient (Wildman–Crippen LogP) is 5.22. The molecule has 3 N–H and O–H groups in total. The van der Waals surface area contributed by atoms with Crippen molar-refractivity contribution >= 4 is 22.6 Å². The third-order valence-corrected chi connectivity index (χ3v) is 5.99. The van der Waals surface area contributed by atoms with E-state index in [1.54, 1.807) is 36.7 Å². The highest BCUT2D eigenvalue weighted by Gasteiger charge is 2.36. The van der Waals surface area contributed by atoms with Crippen LogP contribution in [0.2, 0.25) is 0 Å². The van der Waals surface area contributed by atoms with Crippen molar-refractivity contribution in [3.8, 4) is 11.5 Å². The molecule has 2 amide bonds. The lowest BCUT2D eigenvalue weighted by Gasteiger charge is -2.29. The number of hydroxylamine groups is 1. The predicted molar refractivity (Wildman–Crippen MR) is 131 cm³/mol. The molecule has 0 bridgehead atoms. The van der Waals surface area contributed by atoms with Crippen molar-refractivity contribution in [2.75, 3.05) is 6.54 Å². The zero-order valence-corrected chi connectivity index (χ0v) is 18.8. The number of carbonyl (C=O) groups is 2. The van der Waals surface area contributed by atoms with Crippen LogP contribution < -0.4 is 15.5 Å². The first kappa shape index (κ1) is 23.0. The van der Waals surface area contributed by atoms with Crippen molar-refractivity contribution < 1.29 is 19.5 Å². The average molecular weight is 455 g/mol. The highest BCUT2D eigenvalue weighted by Crippen LogP contribution is 2.33. The molecule has 0 aliphatic heterocycles. The van der Waals surface area contributed by atoms with Crippen LogP contribution in [0.4, 0.5) is 0 Å². The number of carbonyl (C=O) groups excluding carboxylic acids is 2. The summed E-state index contributed by atoms with van der Waals surface area (Å²) in [4.78, 5) is 25.4. The maximum absolute atomic E-state index is 12.7.